The van der Waals surface area contributed by atoms with Crippen LogP contribution in [0.4, 0.5) is 24.5 Å². The molecule has 0 amide bonds. The largest absolute Gasteiger partial charge is 0.423 e. The highest BCUT2D eigenvalue weighted by Crippen LogP contribution is 2.37. The molecule has 2 rings (SSSR count). The van der Waals surface area contributed by atoms with Crippen LogP contribution in [-0.2, 0) is 10.9 Å². The van der Waals surface area contributed by atoms with Crippen LogP contribution in [0.1, 0.15) is 18.4 Å². The number of nitro benzene ring substituents is 1. The zero-order valence-electron chi connectivity index (χ0n) is 10.4. The number of nitro groups is 1. The highest BCUT2D eigenvalue weighted by atomic mass is 19.4. The van der Waals surface area contributed by atoms with Crippen LogP contribution in [0.3, 0.4) is 0 Å². The summed E-state index contributed by atoms with van der Waals surface area (Å²) in [5.41, 5.74) is -2.00. The predicted octanol–water partition coefficient (Wildman–Crippen LogP) is 3.20. The molecule has 1 heterocycles. The number of alkyl halides is 3. The van der Waals surface area contributed by atoms with E-state index in [4.69, 9.17) is 4.74 Å². The number of rotatable bonds is 4. The van der Waals surface area contributed by atoms with Crippen LogP contribution in [0, 0.1) is 10.1 Å². The molecule has 1 atom stereocenters. The molecule has 0 radical (unpaired) electrons. The van der Waals surface area contributed by atoms with E-state index in [-0.39, 0.29) is 11.8 Å². The minimum absolute atomic E-state index is 0.0282. The van der Waals surface area contributed by atoms with Crippen LogP contribution in [0.2, 0.25) is 0 Å². The zero-order chi connectivity index (χ0) is 14.8. The molecular formula is C12H13F3N2O3. The van der Waals surface area contributed by atoms with E-state index in [1.165, 1.54) is 6.07 Å². The molecule has 0 aliphatic carbocycles. The molecule has 1 saturated heterocycles. The number of nitrogens with zero attached hydrogens (tertiary/aromatic N) is 1. The van der Waals surface area contributed by atoms with Crippen molar-refractivity contribution in [2.75, 3.05) is 18.5 Å². The molecule has 1 aliphatic heterocycles. The molecule has 1 unspecified atom stereocenters. The van der Waals surface area contributed by atoms with Crippen molar-refractivity contribution < 1.29 is 22.8 Å². The maximum absolute atomic E-state index is 12.8. The molecule has 0 saturated carbocycles. The molecule has 1 aromatic carbocycles. The van der Waals surface area contributed by atoms with Crippen molar-refractivity contribution in [2.24, 2.45) is 0 Å². The lowest BCUT2D eigenvalue weighted by molar-refractivity contribution is -0.388. The van der Waals surface area contributed by atoms with Crippen LogP contribution in [0.5, 0.6) is 0 Å². The Morgan fingerprint density at radius 3 is 2.75 bits per heavy atom. The minimum atomic E-state index is -4.76. The van der Waals surface area contributed by atoms with E-state index in [1.807, 2.05) is 0 Å². The number of ether oxygens (including phenoxy) is 1. The molecule has 1 aliphatic rings. The van der Waals surface area contributed by atoms with Crippen molar-refractivity contribution in [3.63, 3.8) is 0 Å². The third-order valence-corrected chi connectivity index (χ3v) is 3.06. The van der Waals surface area contributed by atoms with Gasteiger partial charge in [0.1, 0.15) is 5.56 Å². The molecule has 110 valence electrons. The summed E-state index contributed by atoms with van der Waals surface area (Å²) < 4.78 is 43.7. The SMILES string of the molecule is O=[N+]([O-])c1ccc(NCC2CCCO2)cc1C(F)(F)F. The second kappa shape index (κ2) is 5.66. The third-order valence-electron chi connectivity index (χ3n) is 3.06. The summed E-state index contributed by atoms with van der Waals surface area (Å²) in [6, 6.07) is 2.88. The van der Waals surface area contributed by atoms with Gasteiger partial charge in [-0.1, -0.05) is 0 Å². The van der Waals surface area contributed by atoms with Gasteiger partial charge in [0, 0.05) is 24.9 Å². The maximum atomic E-state index is 12.8. The molecule has 0 bridgehead atoms. The topological polar surface area (TPSA) is 64.4 Å². The average Bonchev–Trinajstić information content (AvgIpc) is 2.88. The number of benzene rings is 1. The third kappa shape index (κ3) is 3.38. The second-order valence-corrected chi connectivity index (χ2v) is 4.50. The smallest absolute Gasteiger partial charge is 0.382 e. The Morgan fingerprint density at radius 1 is 1.45 bits per heavy atom. The van der Waals surface area contributed by atoms with Gasteiger partial charge in [0.05, 0.1) is 11.0 Å². The van der Waals surface area contributed by atoms with Crippen LogP contribution in [0.25, 0.3) is 0 Å². The molecule has 1 N–H and O–H groups in total. The van der Waals surface area contributed by atoms with E-state index in [0.717, 1.165) is 25.0 Å². The second-order valence-electron chi connectivity index (χ2n) is 4.50. The van der Waals surface area contributed by atoms with Gasteiger partial charge in [-0.05, 0) is 25.0 Å². The Balaban J connectivity index is 2.16. The molecule has 5 nitrogen and oxygen atoms in total. The van der Waals surface area contributed by atoms with E-state index < -0.39 is 22.4 Å². The van der Waals surface area contributed by atoms with E-state index >= 15 is 0 Å². The van der Waals surface area contributed by atoms with Gasteiger partial charge in [0.15, 0.2) is 0 Å². The Morgan fingerprint density at radius 2 is 2.20 bits per heavy atom. The van der Waals surface area contributed by atoms with Crippen molar-refractivity contribution in [3.05, 3.63) is 33.9 Å². The van der Waals surface area contributed by atoms with Crippen LogP contribution in [-0.4, -0.2) is 24.2 Å². The van der Waals surface area contributed by atoms with Crippen molar-refractivity contribution in [1.82, 2.24) is 0 Å². The zero-order valence-corrected chi connectivity index (χ0v) is 10.4. The lowest BCUT2D eigenvalue weighted by Crippen LogP contribution is -2.19. The number of hydrogen-bond acceptors (Lipinski definition) is 4. The summed E-state index contributed by atoms with van der Waals surface area (Å²) in [7, 11) is 0. The normalized spacial score (nSPS) is 19.1. The summed E-state index contributed by atoms with van der Waals surface area (Å²) in [5, 5.41) is 13.4. The van der Waals surface area contributed by atoms with E-state index in [1.54, 1.807) is 0 Å². The van der Waals surface area contributed by atoms with Gasteiger partial charge in [-0.25, -0.2) is 0 Å². The van der Waals surface area contributed by atoms with Crippen molar-refractivity contribution in [3.8, 4) is 0 Å². The van der Waals surface area contributed by atoms with Crippen molar-refractivity contribution >= 4 is 11.4 Å². The van der Waals surface area contributed by atoms with Gasteiger partial charge in [-0.3, -0.25) is 10.1 Å². The van der Waals surface area contributed by atoms with Gasteiger partial charge in [0.2, 0.25) is 0 Å². The van der Waals surface area contributed by atoms with Crippen LogP contribution in [0.15, 0.2) is 18.2 Å². The molecule has 8 heteroatoms. The van der Waals surface area contributed by atoms with E-state index in [0.29, 0.717) is 13.2 Å². The predicted molar refractivity (Wildman–Crippen MR) is 65.6 cm³/mol. The van der Waals surface area contributed by atoms with Gasteiger partial charge >= 0.3 is 6.18 Å². The van der Waals surface area contributed by atoms with Crippen molar-refractivity contribution in [1.29, 1.82) is 0 Å². The van der Waals surface area contributed by atoms with Gasteiger partial charge in [0.25, 0.3) is 5.69 Å². The first-order chi connectivity index (χ1) is 9.38. The van der Waals surface area contributed by atoms with Gasteiger partial charge < -0.3 is 10.1 Å². The fourth-order valence-electron chi connectivity index (χ4n) is 2.07. The molecule has 1 aromatic rings. The number of nitrogens with one attached hydrogen (secondary N) is 1. The Bertz CT molecular complexity index is 499. The fourth-order valence-corrected chi connectivity index (χ4v) is 2.07. The summed E-state index contributed by atoms with van der Waals surface area (Å²) in [5.74, 6) is 0. The van der Waals surface area contributed by atoms with Gasteiger partial charge in [-0.15, -0.1) is 0 Å². The Hall–Kier alpha value is -1.83. The Kier molecular flexibility index (Phi) is 4.12. The molecule has 0 spiro atoms. The average molecular weight is 290 g/mol. The molecular weight excluding hydrogens is 277 g/mol. The summed E-state index contributed by atoms with van der Waals surface area (Å²) in [4.78, 5) is 9.58. The molecule has 20 heavy (non-hydrogen) atoms. The van der Waals surface area contributed by atoms with E-state index in [2.05, 4.69) is 5.32 Å². The van der Waals surface area contributed by atoms with E-state index in [9.17, 15) is 23.3 Å². The Labute approximate surface area is 112 Å². The maximum Gasteiger partial charge on any atom is 0.423 e. The minimum Gasteiger partial charge on any atom is -0.382 e. The first-order valence-electron chi connectivity index (χ1n) is 6.09. The number of hydrogen-bond donors (Lipinski definition) is 1. The summed E-state index contributed by atoms with van der Waals surface area (Å²) >= 11 is 0. The standard InChI is InChI=1S/C12H13F3N2O3/c13-12(14,15)10-6-8(3-4-11(10)17(18)19)16-7-9-2-1-5-20-9/h3-4,6,9,16H,1-2,5,7H2. The molecule has 0 aromatic heterocycles. The number of anilines is 1. The lowest BCUT2D eigenvalue weighted by atomic mass is 10.1. The fraction of sp³-hybridized carbons (Fsp3) is 0.500. The quantitative estimate of drug-likeness (QED) is 0.683. The monoisotopic (exact) mass is 290 g/mol. The first kappa shape index (κ1) is 14.6. The van der Waals surface area contributed by atoms with Crippen LogP contribution >= 0.6 is 0 Å². The highest BCUT2D eigenvalue weighted by Gasteiger charge is 2.38. The van der Waals surface area contributed by atoms with Gasteiger partial charge in [-0.2, -0.15) is 13.2 Å². The summed E-state index contributed by atoms with van der Waals surface area (Å²) in [6.45, 7) is 1.04. The van der Waals surface area contributed by atoms with Crippen molar-refractivity contribution in [2.45, 2.75) is 25.1 Å². The number of halogens is 3. The highest BCUT2D eigenvalue weighted by molar-refractivity contribution is 5.55. The van der Waals surface area contributed by atoms with Crippen LogP contribution < -0.4 is 5.32 Å². The summed E-state index contributed by atoms with van der Waals surface area (Å²) in [6.07, 6.45) is -3.00. The first-order valence-corrected chi connectivity index (χ1v) is 6.09. The lowest BCUT2D eigenvalue weighted by Gasteiger charge is -2.14. The molecule has 1 fully saturated rings.